The highest BCUT2D eigenvalue weighted by atomic mass is 16.5. The van der Waals surface area contributed by atoms with E-state index in [1.807, 2.05) is 24.8 Å². The van der Waals surface area contributed by atoms with E-state index in [0.29, 0.717) is 23.2 Å². The number of piperidine rings is 2. The summed E-state index contributed by atoms with van der Waals surface area (Å²) in [4.78, 5) is 30.0. The molecule has 2 bridgehead atoms. The van der Waals surface area contributed by atoms with Gasteiger partial charge >= 0.3 is 0 Å². The molecule has 0 aromatic carbocycles. The predicted molar refractivity (Wildman–Crippen MR) is 107 cm³/mol. The van der Waals surface area contributed by atoms with Gasteiger partial charge in [0, 0.05) is 12.7 Å². The van der Waals surface area contributed by atoms with E-state index >= 15 is 0 Å². The Bertz CT molecular complexity index is 1050. The Morgan fingerprint density at radius 3 is 2.63 bits per heavy atom. The molecule has 1 aliphatic carbocycles. The van der Waals surface area contributed by atoms with Crippen LogP contribution in [0.15, 0.2) is 37.1 Å². The second-order valence-electron chi connectivity index (χ2n) is 8.06. The van der Waals surface area contributed by atoms with Crippen molar-refractivity contribution in [2.75, 3.05) is 6.54 Å². The zero-order chi connectivity index (χ0) is 20.7. The van der Waals surface area contributed by atoms with Crippen LogP contribution in [0.3, 0.4) is 0 Å². The van der Waals surface area contributed by atoms with E-state index in [0.717, 1.165) is 37.1 Å². The zero-order valence-corrected chi connectivity index (χ0v) is 17.0. The highest BCUT2D eigenvalue weighted by Crippen LogP contribution is 2.38. The van der Waals surface area contributed by atoms with E-state index in [4.69, 9.17) is 4.74 Å². The maximum Gasteiger partial charge on any atom is 0.258 e. The summed E-state index contributed by atoms with van der Waals surface area (Å²) in [5.74, 6) is 1.30. The fraction of sp³-hybridized carbons (Fsp3) is 0.429. The van der Waals surface area contributed by atoms with E-state index < -0.39 is 0 Å². The van der Waals surface area contributed by atoms with Gasteiger partial charge in [-0.15, -0.1) is 4.80 Å². The van der Waals surface area contributed by atoms with E-state index in [2.05, 4.69) is 25.1 Å². The highest BCUT2D eigenvalue weighted by molar-refractivity contribution is 5.97. The quantitative estimate of drug-likeness (QED) is 0.656. The largest absolute Gasteiger partial charge is 0.471 e. The SMILES string of the molecule is Cc1cnc(-n2nccn2)c(C(=O)N2CC3CCC2C(Oc2cnc(C)cn2)C3)c1. The second-order valence-corrected chi connectivity index (χ2v) is 8.06. The maximum absolute atomic E-state index is 13.6. The van der Waals surface area contributed by atoms with Gasteiger partial charge in [0.2, 0.25) is 5.88 Å². The number of fused-ring (bicyclic) bond motifs is 3. The Morgan fingerprint density at radius 2 is 1.90 bits per heavy atom. The van der Waals surface area contributed by atoms with Gasteiger partial charge < -0.3 is 9.64 Å². The molecule has 154 valence electrons. The van der Waals surface area contributed by atoms with Crippen molar-refractivity contribution in [1.29, 1.82) is 0 Å². The number of aromatic nitrogens is 6. The van der Waals surface area contributed by atoms with Crippen LogP contribution in [-0.2, 0) is 0 Å². The second kappa shape index (κ2) is 7.47. The first-order chi connectivity index (χ1) is 14.6. The summed E-state index contributed by atoms with van der Waals surface area (Å²) >= 11 is 0. The minimum Gasteiger partial charge on any atom is -0.471 e. The monoisotopic (exact) mass is 405 g/mol. The van der Waals surface area contributed by atoms with Crippen LogP contribution in [0.4, 0.5) is 0 Å². The Balaban J connectivity index is 1.44. The van der Waals surface area contributed by atoms with Gasteiger partial charge in [-0.3, -0.25) is 9.78 Å². The molecular weight excluding hydrogens is 382 g/mol. The molecule has 3 aromatic rings. The van der Waals surface area contributed by atoms with Gasteiger partial charge in [0.05, 0.1) is 42.1 Å². The van der Waals surface area contributed by atoms with E-state index in [9.17, 15) is 4.79 Å². The summed E-state index contributed by atoms with van der Waals surface area (Å²) in [5.41, 5.74) is 2.27. The number of hydrogen-bond acceptors (Lipinski definition) is 7. The third kappa shape index (κ3) is 3.40. The topological polar surface area (TPSA) is 98.9 Å². The lowest BCUT2D eigenvalue weighted by Gasteiger charge is -2.49. The molecule has 1 amide bonds. The molecule has 6 rings (SSSR count). The molecule has 3 atom stereocenters. The highest BCUT2D eigenvalue weighted by Gasteiger charge is 2.45. The van der Waals surface area contributed by atoms with E-state index in [1.165, 1.54) is 4.80 Å². The molecule has 9 heteroatoms. The van der Waals surface area contributed by atoms with Crippen LogP contribution in [0.5, 0.6) is 5.88 Å². The van der Waals surface area contributed by atoms with Crippen molar-refractivity contribution in [3.05, 3.63) is 53.9 Å². The number of pyridine rings is 1. The van der Waals surface area contributed by atoms with Crippen molar-refractivity contribution in [2.24, 2.45) is 5.92 Å². The molecule has 3 fully saturated rings. The van der Waals surface area contributed by atoms with Crippen molar-refractivity contribution in [3.63, 3.8) is 0 Å². The molecule has 0 N–H and O–H groups in total. The standard InChI is InChI=1S/C21H23N7O2/c1-13-7-16(20(24-9-13)28-25-5-6-26-28)21(29)27-12-15-3-4-17(27)18(8-15)30-19-11-22-14(2)10-23-19/h5-7,9-11,15,17-18H,3-4,8,12H2,1-2H3. The van der Waals surface area contributed by atoms with Crippen molar-refractivity contribution < 1.29 is 9.53 Å². The normalized spacial score (nSPS) is 22.9. The molecule has 3 aliphatic rings. The first kappa shape index (κ1) is 18.7. The van der Waals surface area contributed by atoms with Gasteiger partial charge in [-0.05, 0) is 50.7 Å². The summed E-state index contributed by atoms with van der Waals surface area (Å²) in [5, 5.41) is 8.33. The summed E-state index contributed by atoms with van der Waals surface area (Å²) < 4.78 is 6.17. The number of rotatable bonds is 4. The summed E-state index contributed by atoms with van der Waals surface area (Å²) in [7, 11) is 0. The van der Waals surface area contributed by atoms with Crippen molar-refractivity contribution in [1.82, 2.24) is 34.8 Å². The number of carbonyl (C=O) groups is 1. The van der Waals surface area contributed by atoms with Crippen molar-refractivity contribution >= 4 is 5.91 Å². The number of amides is 1. The first-order valence-electron chi connectivity index (χ1n) is 10.2. The Morgan fingerprint density at radius 1 is 1.07 bits per heavy atom. The number of nitrogens with zero attached hydrogens (tertiary/aromatic N) is 7. The summed E-state index contributed by atoms with van der Waals surface area (Å²) in [6.07, 6.45) is 11.1. The van der Waals surface area contributed by atoms with Gasteiger partial charge in [-0.2, -0.15) is 10.2 Å². The fourth-order valence-corrected chi connectivity index (χ4v) is 4.45. The van der Waals surface area contributed by atoms with Crippen LogP contribution >= 0.6 is 0 Å². The average molecular weight is 405 g/mol. The molecule has 1 saturated carbocycles. The van der Waals surface area contributed by atoms with Gasteiger partial charge in [0.15, 0.2) is 5.82 Å². The van der Waals surface area contributed by atoms with Gasteiger partial charge in [0.1, 0.15) is 6.10 Å². The van der Waals surface area contributed by atoms with E-state index in [1.54, 1.807) is 31.0 Å². The Hall–Kier alpha value is -3.36. The minimum atomic E-state index is -0.0949. The maximum atomic E-state index is 13.6. The molecule has 30 heavy (non-hydrogen) atoms. The predicted octanol–water partition coefficient (Wildman–Crippen LogP) is 2.14. The molecule has 5 heterocycles. The summed E-state index contributed by atoms with van der Waals surface area (Å²) in [6, 6.07) is 1.85. The van der Waals surface area contributed by atoms with Gasteiger partial charge in [-0.1, -0.05) is 0 Å². The minimum absolute atomic E-state index is 0.00968. The van der Waals surface area contributed by atoms with Gasteiger partial charge in [-0.25, -0.2) is 9.97 Å². The smallest absolute Gasteiger partial charge is 0.258 e. The lowest BCUT2D eigenvalue weighted by molar-refractivity contribution is -0.0315. The molecule has 0 spiro atoms. The van der Waals surface area contributed by atoms with Crippen LogP contribution in [-0.4, -0.2) is 59.4 Å². The number of hydrogen-bond donors (Lipinski definition) is 0. The van der Waals surface area contributed by atoms with Crippen LogP contribution in [0.25, 0.3) is 5.82 Å². The fourth-order valence-electron chi connectivity index (χ4n) is 4.45. The molecule has 2 saturated heterocycles. The number of ether oxygens (including phenoxy) is 1. The van der Waals surface area contributed by atoms with Crippen LogP contribution in [0, 0.1) is 19.8 Å². The first-order valence-corrected chi connectivity index (χ1v) is 10.2. The van der Waals surface area contributed by atoms with Crippen molar-refractivity contribution in [2.45, 2.75) is 45.3 Å². The molecule has 0 radical (unpaired) electrons. The molecule has 2 aliphatic heterocycles. The third-order valence-corrected chi connectivity index (χ3v) is 5.85. The lowest BCUT2D eigenvalue weighted by Crippen LogP contribution is -2.59. The molecule has 9 nitrogen and oxygen atoms in total. The lowest BCUT2D eigenvalue weighted by atomic mass is 9.77. The molecule has 3 aromatic heterocycles. The number of aryl methyl sites for hydroxylation is 2. The van der Waals surface area contributed by atoms with E-state index in [-0.39, 0.29) is 18.1 Å². The van der Waals surface area contributed by atoms with Crippen LogP contribution in [0.2, 0.25) is 0 Å². The number of carbonyl (C=O) groups excluding carboxylic acids is 1. The van der Waals surface area contributed by atoms with Crippen LogP contribution in [0.1, 0.15) is 40.9 Å². The van der Waals surface area contributed by atoms with Crippen molar-refractivity contribution in [3.8, 4) is 11.7 Å². The Kier molecular flexibility index (Phi) is 4.65. The molecular formula is C21H23N7O2. The van der Waals surface area contributed by atoms with Gasteiger partial charge in [0.25, 0.3) is 5.91 Å². The zero-order valence-electron chi connectivity index (χ0n) is 17.0. The third-order valence-electron chi connectivity index (χ3n) is 5.85. The average Bonchev–Trinajstić information content (AvgIpc) is 3.30. The van der Waals surface area contributed by atoms with Crippen LogP contribution < -0.4 is 4.74 Å². The summed E-state index contributed by atoms with van der Waals surface area (Å²) in [6.45, 7) is 4.54. The molecule has 3 unspecified atom stereocenters. The Labute approximate surface area is 174 Å².